The Balaban J connectivity index is 1.64. The number of rotatable bonds is 3. The van der Waals surface area contributed by atoms with Crippen LogP contribution in [0.4, 0.5) is 5.69 Å². The molecule has 1 aromatic heterocycles. The Morgan fingerprint density at radius 2 is 1.97 bits per heavy atom. The van der Waals surface area contributed by atoms with Crippen molar-refractivity contribution in [2.45, 2.75) is 11.7 Å². The molecule has 29 heavy (non-hydrogen) atoms. The first-order valence-corrected chi connectivity index (χ1v) is 10.6. The predicted molar refractivity (Wildman–Crippen MR) is 122 cm³/mol. The molecule has 2 N–H and O–H groups in total. The van der Waals surface area contributed by atoms with Gasteiger partial charge in [0.1, 0.15) is 11.4 Å². The number of para-hydroxylation sites is 1. The van der Waals surface area contributed by atoms with Gasteiger partial charge in [-0.1, -0.05) is 42.5 Å². The Labute approximate surface area is 178 Å². The van der Waals surface area contributed by atoms with Gasteiger partial charge in [-0.25, -0.2) is 0 Å². The second kappa shape index (κ2) is 7.01. The Hall–Kier alpha value is -2.63. The summed E-state index contributed by atoms with van der Waals surface area (Å²) in [5, 5.41) is 13.3. The minimum Gasteiger partial charge on any atom is -0.507 e. The number of H-pyrrole nitrogens is 1. The van der Waals surface area contributed by atoms with Gasteiger partial charge in [0.25, 0.3) is 5.91 Å². The summed E-state index contributed by atoms with van der Waals surface area (Å²) in [5.41, 5.74) is 4.25. The van der Waals surface area contributed by atoms with Crippen molar-refractivity contribution in [2.75, 3.05) is 17.3 Å². The maximum Gasteiger partial charge on any atom is 0.274 e. The fourth-order valence-electron chi connectivity index (χ4n) is 4.36. The van der Waals surface area contributed by atoms with Crippen LogP contribution < -0.4 is 4.90 Å². The first kappa shape index (κ1) is 18.4. The SMILES string of the molecule is O=C(c1cc2cccc(CS)c2[nH]1)N1C[C@@H](CCl)c2c1cc(O)c1ccccc21. The predicted octanol–water partition coefficient (Wildman–Crippen LogP) is 5.44. The Kier molecular flexibility index (Phi) is 4.45. The number of aromatic hydroxyl groups is 1. The monoisotopic (exact) mass is 422 g/mol. The van der Waals surface area contributed by atoms with Crippen LogP contribution in [0.15, 0.2) is 54.6 Å². The second-order valence-electron chi connectivity index (χ2n) is 7.36. The van der Waals surface area contributed by atoms with Crippen molar-refractivity contribution in [1.82, 2.24) is 4.98 Å². The summed E-state index contributed by atoms with van der Waals surface area (Å²) in [7, 11) is 0. The summed E-state index contributed by atoms with van der Waals surface area (Å²) >= 11 is 10.7. The van der Waals surface area contributed by atoms with Crippen LogP contribution in [0, 0.1) is 0 Å². The van der Waals surface area contributed by atoms with Crippen molar-refractivity contribution in [3.8, 4) is 5.75 Å². The summed E-state index contributed by atoms with van der Waals surface area (Å²) in [6.45, 7) is 0.486. The highest BCUT2D eigenvalue weighted by Crippen LogP contribution is 2.45. The molecule has 0 bridgehead atoms. The second-order valence-corrected chi connectivity index (χ2v) is 7.99. The topological polar surface area (TPSA) is 56.3 Å². The van der Waals surface area contributed by atoms with Crippen molar-refractivity contribution >= 4 is 57.5 Å². The van der Waals surface area contributed by atoms with Gasteiger partial charge >= 0.3 is 0 Å². The summed E-state index contributed by atoms with van der Waals surface area (Å²) in [6, 6.07) is 17.2. The van der Waals surface area contributed by atoms with Crippen LogP contribution in [0.5, 0.6) is 5.75 Å². The molecule has 0 aliphatic carbocycles. The number of benzene rings is 3. The van der Waals surface area contributed by atoms with Crippen LogP contribution in [0.1, 0.15) is 27.5 Å². The van der Waals surface area contributed by atoms with E-state index in [1.54, 1.807) is 11.0 Å². The van der Waals surface area contributed by atoms with Crippen LogP contribution in [0.2, 0.25) is 0 Å². The lowest BCUT2D eigenvalue weighted by Gasteiger charge is -2.17. The zero-order chi connectivity index (χ0) is 20.1. The van der Waals surface area contributed by atoms with E-state index in [-0.39, 0.29) is 17.6 Å². The number of alkyl halides is 1. The van der Waals surface area contributed by atoms with E-state index in [0.29, 0.717) is 23.9 Å². The molecule has 0 unspecified atom stereocenters. The smallest absolute Gasteiger partial charge is 0.274 e. The number of anilines is 1. The number of aromatic nitrogens is 1. The number of fused-ring (bicyclic) bond motifs is 4. The Morgan fingerprint density at radius 3 is 2.72 bits per heavy atom. The fourth-order valence-corrected chi connectivity index (χ4v) is 4.87. The van der Waals surface area contributed by atoms with Crippen LogP contribution in [0.3, 0.4) is 0 Å². The molecule has 3 aromatic carbocycles. The first-order chi connectivity index (χ1) is 14.1. The van der Waals surface area contributed by atoms with Gasteiger partial charge in [0.15, 0.2) is 0 Å². The number of hydrogen-bond acceptors (Lipinski definition) is 3. The third kappa shape index (κ3) is 2.80. The molecular weight excluding hydrogens is 404 g/mol. The van der Waals surface area contributed by atoms with Gasteiger partial charge in [0, 0.05) is 40.9 Å². The van der Waals surface area contributed by atoms with Crippen LogP contribution in [-0.2, 0) is 5.75 Å². The number of phenolic OH excluding ortho intramolecular Hbond substituents is 1. The molecule has 0 saturated carbocycles. The summed E-state index contributed by atoms with van der Waals surface area (Å²) in [6.07, 6.45) is 0. The average molecular weight is 423 g/mol. The van der Waals surface area contributed by atoms with E-state index in [4.69, 9.17) is 11.6 Å². The van der Waals surface area contributed by atoms with E-state index >= 15 is 0 Å². The number of amides is 1. The van der Waals surface area contributed by atoms with E-state index in [1.807, 2.05) is 48.5 Å². The molecule has 0 spiro atoms. The van der Waals surface area contributed by atoms with Crippen molar-refractivity contribution in [1.29, 1.82) is 0 Å². The third-order valence-electron chi connectivity index (χ3n) is 5.72. The van der Waals surface area contributed by atoms with E-state index in [2.05, 4.69) is 17.6 Å². The lowest BCUT2D eigenvalue weighted by molar-refractivity contribution is 0.0984. The third-order valence-corrected chi connectivity index (χ3v) is 6.43. The molecule has 0 radical (unpaired) electrons. The molecule has 5 rings (SSSR count). The van der Waals surface area contributed by atoms with E-state index in [9.17, 15) is 9.90 Å². The number of aromatic amines is 1. The molecule has 1 aliphatic heterocycles. The molecule has 1 aliphatic rings. The summed E-state index contributed by atoms with van der Waals surface area (Å²) < 4.78 is 0. The molecule has 6 heteroatoms. The number of nitrogens with one attached hydrogen (secondary N) is 1. The van der Waals surface area contributed by atoms with Gasteiger partial charge in [-0.3, -0.25) is 4.79 Å². The van der Waals surface area contributed by atoms with Crippen LogP contribution >= 0.6 is 24.2 Å². The molecule has 146 valence electrons. The molecule has 1 amide bonds. The van der Waals surface area contributed by atoms with Crippen molar-refractivity contribution in [2.24, 2.45) is 0 Å². The van der Waals surface area contributed by atoms with Crippen LogP contribution in [0.25, 0.3) is 21.7 Å². The number of phenols is 1. The number of hydrogen-bond donors (Lipinski definition) is 3. The number of thiol groups is 1. The van der Waals surface area contributed by atoms with Gasteiger partial charge in [-0.2, -0.15) is 12.6 Å². The zero-order valence-electron chi connectivity index (χ0n) is 15.5. The van der Waals surface area contributed by atoms with E-state index in [1.165, 1.54) is 0 Å². The minimum atomic E-state index is -0.130. The maximum absolute atomic E-state index is 13.4. The van der Waals surface area contributed by atoms with Gasteiger partial charge in [-0.15, -0.1) is 11.6 Å². The quantitative estimate of drug-likeness (QED) is 0.304. The van der Waals surface area contributed by atoms with Crippen molar-refractivity contribution in [3.63, 3.8) is 0 Å². The van der Waals surface area contributed by atoms with Gasteiger partial charge in [0.2, 0.25) is 0 Å². The fraction of sp³-hybridized carbons (Fsp3) is 0.174. The number of halogens is 1. The van der Waals surface area contributed by atoms with Crippen LogP contribution in [-0.4, -0.2) is 28.4 Å². The van der Waals surface area contributed by atoms with Gasteiger partial charge < -0.3 is 15.0 Å². The molecule has 2 heterocycles. The van der Waals surface area contributed by atoms with Crippen molar-refractivity contribution < 1.29 is 9.90 Å². The molecule has 4 aromatic rings. The number of carbonyl (C=O) groups excluding carboxylic acids is 1. The highest BCUT2D eigenvalue weighted by Gasteiger charge is 2.35. The highest BCUT2D eigenvalue weighted by atomic mass is 35.5. The Morgan fingerprint density at radius 1 is 1.17 bits per heavy atom. The number of carbonyl (C=O) groups is 1. The summed E-state index contributed by atoms with van der Waals surface area (Å²) in [4.78, 5) is 18.4. The van der Waals surface area contributed by atoms with Crippen molar-refractivity contribution in [3.05, 3.63) is 71.4 Å². The number of nitrogens with zero attached hydrogens (tertiary/aromatic N) is 1. The minimum absolute atomic E-state index is 0.0125. The van der Waals surface area contributed by atoms with Gasteiger partial charge in [0.05, 0.1) is 11.2 Å². The molecular formula is C23H19ClN2O2S. The molecule has 0 saturated heterocycles. The molecule has 1 atom stereocenters. The molecule has 4 nitrogen and oxygen atoms in total. The Bertz CT molecular complexity index is 1270. The normalized spacial score (nSPS) is 15.9. The first-order valence-electron chi connectivity index (χ1n) is 9.46. The standard InChI is InChI=1S/C23H19ClN2O2S/c24-10-15-11-26(19-9-20(27)16-6-1-2-7-17(16)21(15)19)23(28)18-8-13-4-3-5-14(12-29)22(13)25-18/h1-9,15,25,27,29H,10-12H2/t15-/m1/s1. The lowest BCUT2D eigenvalue weighted by Crippen LogP contribution is -2.30. The molecule has 0 fully saturated rings. The highest BCUT2D eigenvalue weighted by molar-refractivity contribution is 7.79. The maximum atomic E-state index is 13.4. The average Bonchev–Trinajstić information content (AvgIpc) is 3.35. The lowest BCUT2D eigenvalue weighted by atomic mass is 9.95. The zero-order valence-corrected chi connectivity index (χ0v) is 17.2. The largest absolute Gasteiger partial charge is 0.507 e. The van der Waals surface area contributed by atoms with Gasteiger partial charge in [-0.05, 0) is 22.6 Å². The van der Waals surface area contributed by atoms with E-state index in [0.717, 1.165) is 38.5 Å². The summed E-state index contributed by atoms with van der Waals surface area (Å²) in [5.74, 6) is 1.04. The van der Waals surface area contributed by atoms with E-state index < -0.39 is 0 Å².